The van der Waals surface area contributed by atoms with Gasteiger partial charge in [-0.15, -0.1) is 0 Å². The van der Waals surface area contributed by atoms with Gasteiger partial charge in [0.1, 0.15) is 5.82 Å². The standard InChI is InChI=1S/C11H8FN/c12-10-5-8-3-1-2-4-11(8)9(6-10)7-13/h2,4-6H,1,3H2. The maximum absolute atomic E-state index is 13.0. The van der Waals surface area contributed by atoms with Crippen molar-refractivity contribution in [2.24, 2.45) is 0 Å². The van der Waals surface area contributed by atoms with Crippen molar-refractivity contribution in [2.75, 3.05) is 0 Å². The summed E-state index contributed by atoms with van der Waals surface area (Å²) < 4.78 is 13.0. The average molecular weight is 173 g/mol. The fourth-order valence-corrected chi connectivity index (χ4v) is 1.61. The van der Waals surface area contributed by atoms with Crippen LogP contribution in [0.25, 0.3) is 6.08 Å². The Morgan fingerprint density at radius 3 is 3.00 bits per heavy atom. The van der Waals surface area contributed by atoms with Crippen molar-refractivity contribution in [1.82, 2.24) is 0 Å². The highest BCUT2D eigenvalue weighted by molar-refractivity contribution is 5.63. The van der Waals surface area contributed by atoms with Crippen molar-refractivity contribution in [3.63, 3.8) is 0 Å². The topological polar surface area (TPSA) is 23.8 Å². The second kappa shape index (κ2) is 3.02. The van der Waals surface area contributed by atoms with Gasteiger partial charge in [-0.25, -0.2) is 4.39 Å². The molecule has 0 N–H and O–H groups in total. The molecule has 2 heteroatoms. The number of aryl methyl sites for hydroxylation is 1. The summed E-state index contributed by atoms with van der Waals surface area (Å²) in [5.74, 6) is -0.314. The first-order chi connectivity index (χ1) is 6.31. The summed E-state index contributed by atoms with van der Waals surface area (Å²) in [5.41, 5.74) is 2.26. The lowest BCUT2D eigenvalue weighted by atomic mass is 9.93. The van der Waals surface area contributed by atoms with Crippen LogP contribution in [0.15, 0.2) is 18.2 Å². The van der Waals surface area contributed by atoms with E-state index in [1.165, 1.54) is 12.1 Å². The molecule has 0 spiro atoms. The highest BCUT2D eigenvalue weighted by atomic mass is 19.1. The third-order valence-corrected chi connectivity index (χ3v) is 2.22. The van der Waals surface area contributed by atoms with Crippen LogP contribution >= 0.6 is 0 Å². The number of allylic oxidation sites excluding steroid dienone is 1. The Kier molecular flexibility index (Phi) is 1.86. The summed E-state index contributed by atoms with van der Waals surface area (Å²) in [6, 6.07) is 4.80. The summed E-state index contributed by atoms with van der Waals surface area (Å²) in [7, 11) is 0. The Hall–Kier alpha value is -1.62. The van der Waals surface area contributed by atoms with Crippen LogP contribution in [0.2, 0.25) is 0 Å². The fourth-order valence-electron chi connectivity index (χ4n) is 1.61. The second-order valence-corrected chi connectivity index (χ2v) is 3.08. The van der Waals surface area contributed by atoms with E-state index in [2.05, 4.69) is 0 Å². The van der Waals surface area contributed by atoms with Gasteiger partial charge in [0.15, 0.2) is 0 Å². The lowest BCUT2D eigenvalue weighted by molar-refractivity contribution is 0.624. The van der Waals surface area contributed by atoms with Gasteiger partial charge in [-0.1, -0.05) is 12.2 Å². The molecule has 0 saturated carbocycles. The van der Waals surface area contributed by atoms with Gasteiger partial charge in [0.05, 0.1) is 11.6 Å². The largest absolute Gasteiger partial charge is 0.207 e. The minimum Gasteiger partial charge on any atom is -0.207 e. The molecule has 64 valence electrons. The van der Waals surface area contributed by atoms with Gasteiger partial charge in [0, 0.05) is 0 Å². The van der Waals surface area contributed by atoms with Gasteiger partial charge < -0.3 is 0 Å². The van der Waals surface area contributed by atoms with E-state index in [0.717, 1.165) is 24.0 Å². The maximum Gasteiger partial charge on any atom is 0.124 e. The molecule has 0 heterocycles. The quantitative estimate of drug-likeness (QED) is 0.591. The molecule has 13 heavy (non-hydrogen) atoms. The molecule has 0 atom stereocenters. The molecule has 1 nitrogen and oxygen atoms in total. The van der Waals surface area contributed by atoms with Crippen LogP contribution in [-0.2, 0) is 6.42 Å². The number of nitrogens with zero attached hydrogens (tertiary/aromatic N) is 1. The molecular formula is C11H8FN. The van der Waals surface area contributed by atoms with Crippen molar-refractivity contribution in [3.05, 3.63) is 40.7 Å². The maximum atomic E-state index is 13.0. The van der Waals surface area contributed by atoms with Gasteiger partial charge >= 0.3 is 0 Å². The highest BCUT2D eigenvalue weighted by Gasteiger charge is 2.10. The first kappa shape index (κ1) is 8.00. The van der Waals surface area contributed by atoms with Crippen LogP contribution in [0.5, 0.6) is 0 Å². The fraction of sp³-hybridized carbons (Fsp3) is 0.182. The van der Waals surface area contributed by atoms with E-state index in [0.29, 0.717) is 5.56 Å². The Morgan fingerprint density at radius 1 is 1.38 bits per heavy atom. The number of benzene rings is 1. The molecule has 0 amide bonds. The van der Waals surface area contributed by atoms with Crippen molar-refractivity contribution in [1.29, 1.82) is 5.26 Å². The van der Waals surface area contributed by atoms with E-state index in [-0.39, 0.29) is 5.82 Å². The molecule has 0 saturated heterocycles. The Labute approximate surface area is 76.1 Å². The number of hydrogen-bond donors (Lipinski definition) is 0. The number of hydrogen-bond acceptors (Lipinski definition) is 1. The van der Waals surface area contributed by atoms with Crippen molar-refractivity contribution < 1.29 is 4.39 Å². The predicted octanol–water partition coefficient (Wildman–Crippen LogP) is 2.66. The van der Waals surface area contributed by atoms with Gasteiger partial charge in [-0.05, 0) is 36.1 Å². The number of nitriles is 1. The van der Waals surface area contributed by atoms with Crippen LogP contribution < -0.4 is 0 Å². The predicted molar refractivity (Wildman–Crippen MR) is 48.5 cm³/mol. The van der Waals surface area contributed by atoms with E-state index in [4.69, 9.17) is 5.26 Å². The van der Waals surface area contributed by atoms with Crippen LogP contribution in [0.1, 0.15) is 23.1 Å². The molecule has 1 aliphatic carbocycles. The first-order valence-corrected chi connectivity index (χ1v) is 4.20. The van der Waals surface area contributed by atoms with E-state index in [1.54, 1.807) is 0 Å². The van der Waals surface area contributed by atoms with E-state index >= 15 is 0 Å². The number of fused-ring (bicyclic) bond motifs is 1. The Balaban J connectivity index is 2.67. The molecule has 2 rings (SSSR count). The molecule has 0 aromatic heterocycles. The van der Waals surface area contributed by atoms with Crippen LogP contribution in [0.4, 0.5) is 4.39 Å². The normalized spacial score (nSPS) is 13.5. The molecule has 0 unspecified atom stereocenters. The highest BCUT2D eigenvalue weighted by Crippen LogP contribution is 2.23. The first-order valence-electron chi connectivity index (χ1n) is 4.20. The van der Waals surface area contributed by atoms with E-state index < -0.39 is 0 Å². The van der Waals surface area contributed by atoms with Crippen molar-refractivity contribution >= 4 is 6.08 Å². The Bertz CT molecular complexity index is 413. The zero-order valence-electron chi connectivity index (χ0n) is 7.05. The zero-order chi connectivity index (χ0) is 9.26. The minimum atomic E-state index is -0.314. The lowest BCUT2D eigenvalue weighted by Gasteiger charge is -2.11. The zero-order valence-corrected chi connectivity index (χ0v) is 7.05. The molecule has 0 fully saturated rings. The van der Waals surface area contributed by atoms with E-state index in [9.17, 15) is 4.39 Å². The molecule has 1 aromatic rings. The summed E-state index contributed by atoms with van der Waals surface area (Å²) in [5, 5.41) is 8.77. The van der Waals surface area contributed by atoms with Crippen molar-refractivity contribution in [2.45, 2.75) is 12.8 Å². The molecular weight excluding hydrogens is 165 g/mol. The smallest absolute Gasteiger partial charge is 0.124 e. The summed E-state index contributed by atoms with van der Waals surface area (Å²) in [6.07, 6.45) is 5.68. The minimum absolute atomic E-state index is 0.314. The molecule has 0 aliphatic heterocycles. The summed E-state index contributed by atoms with van der Waals surface area (Å²) >= 11 is 0. The molecule has 0 radical (unpaired) electrons. The van der Waals surface area contributed by atoms with Crippen LogP contribution in [0, 0.1) is 17.1 Å². The van der Waals surface area contributed by atoms with Gasteiger partial charge in [0.2, 0.25) is 0 Å². The van der Waals surface area contributed by atoms with Gasteiger partial charge in [0.25, 0.3) is 0 Å². The van der Waals surface area contributed by atoms with Gasteiger partial charge in [-0.3, -0.25) is 0 Å². The van der Waals surface area contributed by atoms with Gasteiger partial charge in [-0.2, -0.15) is 5.26 Å². The van der Waals surface area contributed by atoms with Crippen LogP contribution in [-0.4, -0.2) is 0 Å². The monoisotopic (exact) mass is 173 g/mol. The molecule has 0 bridgehead atoms. The lowest BCUT2D eigenvalue weighted by Crippen LogP contribution is -1.98. The summed E-state index contributed by atoms with van der Waals surface area (Å²) in [4.78, 5) is 0. The third-order valence-electron chi connectivity index (χ3n) is 2.22. The van der Waals surface area contributed by atoms with Crippen LogP contribution in [0.3, 0.4) is 0 Å². The number of rotatable bonds is 0. The third kappa shape index (κ3) is 1.33. The van der Waals surface area contributed by atoms with E-state index in [1.807, 2.05) is 18.2 Å². The Morgan fingerprint density at radius 2 is 2.23 bits per heavy atom. The molecule has 1 aromatic carbocycles. The SMILES string of the molecule is N#Cc1cc(F)cc2c1C=CCC2. The number of halogens is 1. The second-order valence-electron chi connectivity index (χ2n) is 3.08. The summed E-state index contributed by atoms with van der Waals surface area (Å²) in [6.45, 7) is 0. The van der Waals surface area contributed by atoms with Crippen molar-refractivity contribution in [3.8, 4) is 6.07 Å². The molecule has 1 aliphatic rings. The average Bonchev–Trinajstić information content (AvgIpc) is 2.16.